The number of hydrogen-bond acceptors (Lipinski definition) is 6. The number of benzene rings is 1. The number of aryl methyl sites for hydroxylation is 1. The van der Waals surface area contributed by atoms with E-state index in [1.807, 2.05) is 0 Å². The standard InChI is InChI=1S/C28H23F4N5O3S/c1-36-16-23(15-34-36)41(39,40)22-7-2-18-11-25-17(14-35-37(25)21-5-3-20(29)4-6-21)12-27(18,13-22)26(38)24-10-19(8-9-33-24)28(30,31)32/h3-6,8-11,14-16,22H,2,7,12-13H2,1H3/t22-,27-/m0/s1. The van der Waals surface area contributed by atoms with E-state index in [0.29, 0.717) is 28.6 Å². The number of allylic oxidation sites excluding steroid dienone is 1. The van der Waals surface area contributed by atoms with Gasteiger partial charge in [-0.3, -0.25) is 14.5 Å². The Morgan fingerprint density at radius 2 is 1.85 bits per heavy atom. The molecule has 0 saturated heterocycles. The number of pyridine rings is 1. The Bertz CT molecular complexity index is 1810. The maximum Gasteiger partial charge on any atom is 0.416 e. The van der Waals surface area contributed by atoms with Crippen LogP contribution in [-0.4, -0.2) is 44.0 Å². The summed E-state index contributed by atoms with van der Waals surface area (Å²) < 4.78 is 84.3. The summed E-state index contributed by atoms with van der Waals surface area (Å²) in [5.74, 6) is -1.10. The highest BCUT2D eigenvalue weighted by atomic mass is 32.2. The molecule has 1 saturated carbocycles. The minimum atomic E-state index is -4.69. The van der Waals surface area contributed by atoms with Gasteiger partial charge in [-0.15, -0.1) is 0 Å². The quantitative estimate of drug-likeness (QED) is 0.242. The molecule has 8 nitrogen and oxygen atoms in total. The molecule has 4 aromatic rings. The van der Waals surface area contributed by atoms with Gasteiger partial charge in [0, 0.05) is 19.4 Å². The van der Waals surface area contributed by atoms with Gasteiger partial charge in [0.25, 0.3) is 0 Å². The zero-order valence-electron chi connectivity index (χ0n) is 21.6. The van der Waals surface area contributed by atoms with Gasteiger partial charge in [-0.2, -0.15) is 23.4 Å². The van der Waals surface area contributed by atoms with Crippen LogP contribution in [-0.2, 0) is 29.5 Å². The second kappa shape index (κ2) is 9.47. The van der Waals surface area contributed by atoms with E-state index in [4.69, 9.17) is 0 Å². The molecule has 0 amide bonds. The van der Waals surface area contributed by atoms with E-state index in [1.165, 1.54) is 29.2 Å². The van der Waals surface area contributed by atoms with Crippen LogP contribution in [0.2, 0.25) is 0 Å². The van der Waals surface area contributed by atoms with Crippen LogP contribution < -0.4 is 0 Å². The van der Waals surface area contributed by atoms with Crippen molar-refractivity contribution in [1.29, 1.82) is 0 Å². The molecule has 0 bridgehead atoms. The molecule has 6 rings (SSSR count). The Kier molecular flexibility index (Phi) is 6.25. The maximum atomic E-state index is 14.2. The highest BCUT2D eigenvalue weighted by Crippen LogP contribution is 2.52. The van der Waals surface area contributed by atoms with Crippen molar-refractivity contribution in [2.75, 3.05) is 0 Å². The lowest BCUT2D eigenvalue weighted by Crippen LogP contribution is -2.46. The summed E-state index contributed by atoms with van der Waals surface area (Å²) in [7, 11) is -2.33. The molecular formula is C28H23F4N5O3S. The third-order valence-electron chi connectivity index (χ3n) is 7.89. The number of alkyl halides is 3. The Morgan fingerprint density at radius 3 is 2.54 bits per heavy atom. The Morgan fingerprint density at radius 1 is 1.10 bits per heavy atom. The van der Waals surface area contributed by atoms with Gasteiger partial charge >= 0.3 is 6.18 Å². The van der Waals surface area contributed by atoms with Crippen LogP contribution >= 0.6 is 0 Å². The van der Waals surface area contributed by atoms with E-state index < -0.39 is 43.8 Å². The van der Waals surface area contributed by atoms with Crippen molar-refractivity contribution in [2.45, 2.75) is 42.0 Å². The van der Waals surface area contributed by atoms with Crippen molar-refractivity contribution < 1.29 is 30.8 Å². The molecule has 0 spiro atoms. The maximum absolute atomic E-state index is 14.2. The molecule has 41 heavy (non-hydrogen) atoms. The average molecular weight is 586 g/mol. The molecule has 1 fully saturated rings. The fourth-order valence-electron chi connectivity index (χ4n) is 5.83. The first-order valence-electron chi connectivity index (χ1n) is 12.7. The number of ketones is 1. The second-order valence-electron chi connectivity index (χ2n) is 10.4. The first-order chi connectivity index (χ1) is 19.4. The fraction of sp³-hybridized carbons (Fsp3) is 0.286. The number of Topliss-reactive ketones (excluding diaryl/α,β-unsaturated/α-hetero) is 1. The summed E-state index contributed by atoms with van der Waals surface area (Å²) in [5, 5.41) is 7.42. The molecule has 2 aliphatic rings. The van der Waals surface area contributed by atoms with E-state index in [2.05, 4.69) is 15.2 Å². The molecule has 0 aliphatic heterocycles. The second-order valence-corrected chi connectivity index (χ2v) is 12.6. The molecule has 1 aromatic carbocycles. The van der Waals surface area contributed by atoms with Crippen LogP contribution in [0.3, 0.4) is 0 Å². The third kappa shape index (κ3) is 4.57. The molecule has 0 radical (unpaired) electrons. The summed E-state index contributed by atoms with van der Waals surface area (Å²) in [4.78, 5) is 18.2. The highest BCUT2D eigenvalue weighted by molar-refractivity contribution is 7.92. The summed E-state index contributed by atoms with van der Waals surface area (Å²) in [6.07, 6.45) is 2.46. The molecule has 0 N–H and O–H groups in total. The van der Waals surface area contributed by atoms with Gasteiger partial charge in [-0.25, -0.2) is 17.5 Å². The first kappa shape index (κ1) is 27.1. The van der Waals surface area contributed by atoms with Crippen LogP contribution in [0.4, 0.5) is 17.6 Å². The largest absolute Gasteiger partial charge is 0.416 e. The normalized spacial score (nSPS) is 20.7. The summed E-state index contributed by atoms with van der Waals surface area (Å²) in [6.45, 7) is 0. The van der Waals surface area contributed by atoms with Crippen LogP contribution in [0.25, 0.3) is 11.8 Å². The monoisotopic (exact) mass is 585 g/mol. The van der Waals surface area contributed by atoms with Gasteiger partial charge < -0.3 is 0 Å². The zero-order chi connectivity index (χ0) is 29.2. The SMILES string of the molecule is Cn1cc(S(=O)(=O)[C@H]2CCC3=Cc4c(cnn4-c4ccc(F)cc4)C[C@]3(C(=O)c3cc(C(F)(F)F)ccn3)C2)cn1. The van der Waals surface area contributed by atoms with Crippen molar-refractivity contribution in [1.82, 2.24) is 24.5 Å². The number of aromatic nitrogens is 5. The molecule has 0 unspecified atom stereocenters. The van der Waals surface area contributed by atoms with Crippen molar-refractivity contribution >= 4 is 21.7 Å². The number of halogens is 4. The summed E-state index contributed by atoms with van der Waals surface area (Å²) in [5.41, 5.74) is -0.447. The van der Waals surface area contributed by atoms with Crippen molar-refractivity contribution in [3.63, 3.8) is 0 Å². The number of sulfone groups is 1. The average Bonchev–Trinajstić information content (AvgIpc) is 3.57. The Balaban J connectivity index is 1.47. The molecule has 212 valence electrons. The van der Waals surface area contributed by atoms with Crippen molar-refractivity contribution in [3.8, 4) is 5.69 Å². The van der Waals surface area contributed by atoms with E-state index in [1.54, 1.807) is 36.1 Å². The van der Waals surface area contributed by atoms with Crippen molar-refractivity contribution in [3.05, 3.63) is 95.1 Å². The Hall–Kier alpha value is -4.13. The lowest BCUT2D eigenvalue weighted by atomic mass is 9.61. The van der Waals surface area contributed by atoms with E-state index in [0.717, 1.165) is 12.3 Å². The van der Waals surface area contributed by atoms with Gasteiger partial charge in [-0.1, -0.05) is 5.57 Å². The fourth-order valence-corrected chi connectivity index (χ4v) is 7.64. The molecular weight excluding hydrogens is 562 g/mol. The van der Waals surface area contributed by atoms with Crippen LogP contribution in [0.1, 0.15) is 46.6 Å². The molecule has 2 aliphatic carbocycles. The number of hydrogen-bond donors (Lipinski definition) is 0. The third-order valence-corrected chi connectivity index (χ3v) is 10.0. The lowest BCUT2D eigenvalue weighted by molar-refractivity contribution is -0.137. The minimum absolute atomic E-state index is 0.0119. The predicted molar refractivity (Wildman–Crippen MR) is 139 cm³/mol. The van der Waals surface area contributed by atoms with Crippen LogP contribution in [0, 0.1) is 11.2 Å². The first-order valence-corrected chi connectivity index (χ1v) is 14.3. The smallest absolute Gasteiger partial charge is 0.291 e. The minimum Gasteiger partial charge on any atom is -0.291 e. The molecule has 3 aromatic heterocycles. The number of carbonyl (C=O) groups is 1. The zero-order valence-corrected chi connectivity index (χ0v) is 22.5. The van der Waals surface area contributed by atoms with Gasteiger partial charge in [0.15, 0.2) is 15.6 Å². The number of carbonyl (C=O) groups excluding carboxylic acids is 1. The van der Waals surface area contributed by atoms with Gasteiger partial charge in [0.05, 0.1) is 40.0 Å². The van der Waals surface area contributed by atoms with Gasteiger partial charge in [0.2, 0.25) is 0 Å². The van der Waals surface area contributed by atoms with E-state index in [-0.39, 0.29) is 36.3 Å². The van der Waals surface area contributed by atoms with E-state index >= 15 is 0 Å². The van der Waals surface area contributed by atoms with E-state index in [9.17, 15) is 30.8 Å². The number of rotatable bonds is 5. The molecule has 3 heterocycles. The summed E-state index contributed by atoms with van der Waals surface area (Å²) >= 11 is 0. The van der Waals surface area contributed by atoms with Crippen molar-refractivity contribution in [2.24, 2.45) is 12.5 Å². The van der Waals surface area contributed by atoms with Crippen LogP contribution in [0.5, 0.6) is 0 Å². The van der Waals surface area contributed by atoms with Gasteiger partial charge in [0.1, 0.15) is 16.4 Å². The number of fused-ring (bicyclic) bond motifs is 2. The highest BCUT2D eigenvalue weighted by Gasteiger charge is 2.52. The number of nitrogens with zero attached hydrogens (tertiary/aromatic N) is 5. The lowest BCUT2D eigenvalue weighted by Gasteiger charge is -2.43. The topological polar surface area (TPSA) is 99.7 Å². The predicted octanol–water partition coefficient (Wildman–Crippen LogP) is 4.99. The van der Waals surface area contributed by atoms with Gasteiger partial charge in [-0.05, 0) is 73.7 Å². The Labute approximate surface area is 232 Å². The summed E-state index contributed by atoms with van der Waals surface area (Å²) in [6, 6.07) is 7.19. The van der Waals surface area contributed by atoms with Crippen LogP contribution in [0.15, 0.2) is 71.7 Å². The molecule has 2 atom stereocenters. The molecule has 13 heteroatoms.